The lowest BCUT2D eigenvalue weighted by molar-refractivity contribution is -0.122. The third kappa shape index (κ3) is 6.10. The molecule has 140 valence electrons. The minimum Gasteiger partial charge on any atom is -0.398 e. The number of para-hydroxylation sites is 1. The molecule has 0 radical (unpaired) electrons. The van der Waals surface area contributed by atoms with Crippen molar-refractivity contribution in [3.8, 4) is 0 Å². The number of nitrogens with two attached hydrogens (primary N) is 1. The van der Waals surface area contributed by atoms with Crippen molar-refractivity contribution in [3.63, 3.8) is 0 Å². The Hall–Kier alpha value is -1.94. The van der Waals surface area contributed by atoms with Crippen LogP contribution in [0.3, 0.4) is 0 Å². The molecule has 26 heavy (non-hydrogen) atoms. The van der Waals surface area contributed by atoms with Crippen LogP contribution in [0.4, 0.5) is 5.69 Å². The number of hydrogen-bond donors (Lipinski definition) is 2. The van der Waals surface area contributed by atoms with Crippen LogP contribution in [0, 0.1) is 5.41 Å². The third-order valence-corrected chi connectivity index (χ3v) is 5.29. The Morgan fingerprint density at radius 3 is 2.15 bits per heavy atom. The second-order valence-corrected chi connectivity index (χ2v) is 9.70. The van der Waals surface area contributed by atoms with Gasteiger partial charge >= 0.3 is 0 Å². The van der Waals surface area contributed by atoms with Crippen molar-refractivity contribution in [2.24, 2.45) is 5.41 Å². The number of carbonyl (C=O) groups excluding carboxylic acids is 1. The summed E-state index contributed by atoms with van der Waals surface area (Å²) in [5, 5.41) is 2.90. The molecule has 2 rings (SSSR count). The number of nitrogens with one attached hydrogen (secondary N) is 1. The van der Waals surface area contributed by atoms with Gasteiger partial charge < -0.3 is 11.1 Å². The number of amides is 1. The summed E-state index contributed by atoms with van der Waals surface area (Å²) in [5.41, 5.74) is 7.62. The lowest BCUT2D eigenvalue weighted by Crippen LogP contribution is -2.47. The first-order chi connectivity index (χ1) is 12.1. The monoisotopic (exact) mass is 370 g/mol. The van der Waals surface area contributed by atoms with E-state index in [9.17, 15) is 4.79 Å². The van der Waals surface area contributed by atoms with Gasteiger partial charge in [0.1, 0.15) is 5.25 Å². The van der Waals surface area contributed by atoms with E-state index in [0.717, 1.165) is 16.9 Å². The standard InChI is InChI=1S/C22H30N2OS/c1-21(2,3)15-22(4,5)24-20(25)19(16-11-7-6-8-12-16)26-18-14-10-9-13-17(18)23/h6-14,19H,15,23H2,1-5H3,(H,24,25). The first kappa shape index (κ1) is 20.4. The molecule has 2 aromatic carbocycles. The van der Waals surface area contributed by atoms with Gasteiger partial charge in [0.25, 0.3) is 0 Å². The molecule has 0 saturated heterocycles. The molecule has 0 aliphatic carbocycles. The highest BCUT2D eigenvalue weighted by Crippen LogP contribution is 2.39. The normalized spacial score (nSPS) is 13.3. The van der Waals surface area contributed by atoms with Crippen molar-refractivity contribution in [3.05, 3.63) is 60.2 Å². The topological polar surface area (TPSA) is 55.1 Å². The predicted molar refractivity (Wildman–Crippen MR) is 112 cm³/mol. The van der Waals surface area contributed by atoms with E-state index in [1.165, 1.54) is 11.8 Å². The summed E-state index contributed by atoms with van der Waals surface area (Å²) in [6.07, 6.45) is 0.894. The van der Waals surface area contributed by atoms with Crippen molar-refractivity contribution in [1.29, 1.82) is 0 Å². The Morgan fingerprint density at radius 1 is 1.00 bits per heavy atom. The molecule has 4 heteroatoms. The van der Waals surface area contributed by atoms with Gasteiger partial charge in [0.15, 0.2) is 0 Å². The van der Waals surface area contributed by atoms with E-state index < -0.39 is 0 Å². The number of anilines is 1. The van der Waals surface area contributed by atoms with Gasteiger partial charge in [0, 0.05) is 16.1 Å². The highest BCUT2D eigenvalue weighted by Gasteiger charge is 2.31. The first-order valence-electron chi connectivity index (χ1n) is 8.96. The molecule has 2 aromatic rings. The second-order valence-electron chi connectivity index (χ2n) is 8.56. The molecule has 0 saturated carbocycles. The summed E-state index contributed by atoms with van der Waals surface area (Å²) in [6, 6.07) is 17.6. The average molecular weight is 371 g/mol. The second kappa shape index (κ2) is 8.17. The highest BCUT2D eigenvalue weighted by molar-refractivity contribution is 8.00. The zero-order valence-electron chi connectivity index (χ0n) is 16.4. The molecule has 0 fully saturated rings. The van der Waals surface area contributed by atoms with E-state index in [4.69, 9.17) is 5.73 Å². The Bertz CT molecular complexity index is 735. The van der Waals surface area contributed by atoms with Gasteiger partial charge in [-0.05, 0) is 43.4 Å². The molecule has 3 nitrogen and oxygen atoms in total. The van der Waals surface area contributed by atoms with Crippen LogP contribution in [0.2, 0.25) is 0 Å². The summed E-state index contributed by atoms with van der Waals surface area (Å²) in [7, 11) is 0. The summed E-state index contributed by atoms with van der Waals surface area (Å²) >= 11 is 1.50. The Kier molecular flexibility index (Phi) is 6.40. The number of hydrogen-bond acceptors (Lipinski definition) is 3. The molecular formula is C22H30N2OS. The van der Waals surface area contributed by atoms with Gasteiger partial charge in [-0.15, -0.1) is 11.8 Å². The van der Waals surface area contributed by atoms with Gasteiger partial charge in [-0.2, -0.15) is 0 Å². The van der Waals surface area contributed by atoms with Crippen molar-refractivity contribution >= 4 is 23.4 Å². The van der Waals surface area contributed by atoms with Gasteiger partial charge in [-0.25, -0.2) is 0 Å². The Morgan fingerprint density at radius 2 is 1.58 bits per heavy atom. The van der Waals surface area contributed by atoms with Crippen LogP contribution < -0.4 is 11.1 Å². The number of carbonyl (C=O) groups is 1. The van der Waals surface area contributed by atoms with Crippen LogP contribution in [-0.4, -0.2) is 11.4 Å². The molecule has 0 spiro atoms. The summed E-state index contributed by atoms with van der Waals surface area (Å²) < 4.78 is 0. The molecule has 0 aliphatic rings. The van der Waals surface area contributed by atoms with Crippen molar-refractivity contribution in [1.82, 2.24) is 5.32 Å². The molecule has 0 bridgehead atoms. The molecule has 0 heterocycles. The smallest absolute Gasteiger partial charge is 0.238 e. The van der Waals surface area contributed by atoms with E-state index in [-0.39, 0.29) is 22.1 Å². The van der Waals surface area contributed by atoms with Gasteiger partial charge in [-0.3, -0.25) is 4.79 Å². The highest BCUT2D eigenvalue weighted by atomic mass is 32.2. The zero-order valence-corrected chi connectivity index (χ0v) is 17.2. The molecule has 0 aliphatic heterocycles. The quantitative estimate of drug-likeness (QED) is 0.526. The number of thioether (sulfide) groups is 1. The fourth-order valence-electron chi connectivity index (χ4n) is 3.38. The Balaban J connectivity index is 2.26. The summed E-state index contributed by atoms with van der Waals surface area (Å²) in [5.74, 6) is 0.0127. The van der Waals surface area contributed by atoms with Crippen LogP contribution in [0.5, 0.6) is 0 Å². The summed E-state index contributed by atoms with van der Waals surface area (Å²) in [4.78, 5) is 14.1. The van der Waals surface area contributed by atoms with Crippen LogP contribution in [0.25, 0.3) is 0 Å². The fraction of sp³-hybridized carbons (Fsp3) is 0.409. The van der Waals surface area contributed by atoms with E-state index in [2.05, 4.69) is 39.9 Å². The van der Waals surface area contributed by atoms with E-state index >= 15 is 0 Å². The van der Waals surface area contributed by atoms with Gasteiger partial charge in [0.05, 0.1) is 0 Å². The number of benzene rings is 2. The van der Waals surface area contributed by atoms with Gasteiger partial charge in [0.2, 0.25) is 5.91 Å². The van der Waals surface area contributed by atoms with E-state index in [0.29, 0.717) is 5.69 Å². The Labute approximate surface area is 161 Å². The van der Waals surface area contributed by atoms with Crippen molar-refractivity contribution < 1.29 is 4.79 Å². The molecule has 1 unspecified atom stereocenters. The first-order valence-corrected chi connectivity index (χ1v) is 9.83. The minimum atomic E-state index is -0.347. The maximum atomic E-state index is 13.2. The number of nitrogen functional groups attached to an aromatic ring is 1. The van der Waals surface area contributed by atoms with Crippen LogP contribution in [0.15, 0.2) is 59.5 Å². The average Bonchev–Trinajstić information content (AvgIpc) is 2.52. The minimum absolute atomic E-state index is 0.0127. The zero-order chi connectivity index (χ0) is 19.4. The fourth-order valence-corrected chi connectivity index (χ4v) is 4.46. The third-order valence-electron chi connectivity index (χ3n) is 3.94. The van der Waals surface area contributed by atoms with Gasteiger partial charge in [-0.1, -0.05) is 63.2 Å². The van der Waals surface area contributed by atoms with E-state index in [1.54, 1.807) is 0 Å². The van der Waals surface area contributed by atoms with Crippen molar-refractivity contribution in [2.75, 3.05) is 5.73 Å². The van der Waals surface area contributed by atoms with Crippen LogP contribution >= 0.6 is 11.8 Å². The largest absolute Gasteiger partial charge is 0.398 e. The molecular weight excluding hydrogens is 340 g/mol. The van der Waals surface area contributed by atoms with E-state index in [1.807, 2.05) is 54.6 Å². The maximum Gasteiger partial charge on any atom is 0.238 e. The van der Waals surface area contributed by atoms with Crippen LogP contribution in [0.1, 0.15) is 51.9 Å². The summed E-state index contributed by atoms with van der Waals surface area (Å²) in [6.45, 7) is 10.7. The molecule has 1 amide bonds. The van der Waals surface area contributed by atoms with Crippen molar-refractivity contribution in [2.45, 2.75) is 56.7 Å². The lowest BCUT2D eigenvalue weighted by Gasteiger charge is -2.34. The lowest BCUT2D eigenvalue weighted by atomic mass is 9.81. The number of rotatable bonds is 6. The predicted octanol–water partition coefficient (Wildman–Crippen LogP) is 5.43. The molecule has 0 aromatic heterocycles. The molecule has 1 atom stereocenters. The molecule has 3 N–H and O–H groups in total. The van der Waals surface area contributed by atoms with Crippen LogP contribution in [-0.2, 0) is 4.79 Å². The maximum absolute atomic E-state index is 13.2. The SMILES string of the molecule is CC(C)(C)CC(C)(C)NC(=O)C(Sc1ccccc1N)c1ccccc1.